The molecular formula is C37H37N3O6. The molecule has 9 nitrogen and oxygen atoms in total. The second-order valence-corrected chi connectivity index (χ2v) is 11.8. The Balaban J connectivity index is 1.20. The van der Waals surface area contributed by atoms with Crippen LogP contribution in [0, 0.1) is 17.8 Å². The number of aliphatic hydroxyl groups excluding tert-OH is 3. The van der Waals surface area contributed by atoms with E-state index < -0.39 is 23.9 Å². The lowest BCUT2D eigenvalue weighted by Gasteiger charge is -2.35. The zero-order valence-corrected chi connectivity index (χ0v) is 25.5. The summed E-state index contributed by atoms with van der Waals surface area (Å²) in [5, 5.41) is 34.9. The van der Waals surface area contributed by atoms with E-state index in [0.29, 0.717) is 42.0 Å². The minimum atomic E-state index is -0.949. The van der Waals surface area contributed by atoms with Gasteiger partial charge in [-0.1, -0.05) is 29.8 Å². The van der Waals surface area contributed by atoms with Crippen molar-refractivity contribution in [1.29, 1.82) is 0 Å². The summed E-state index contributed by atoms with van der Waals surface area (Å²) in [6.45, 7) is 1.30. The molecule has 2 aliphatic rings. The summed E-state index contributed by atoms with van der Waals surface area (Å²) in [5.74, 6) is -1.70. The van der Waals surface area contributed by atoms with Crippen molar-refractivity contribution in [2.45, 2.75) is 38.9 Å². The number of imide groups is 1. The third-order valence-electron chi connectivity index (χ3n) is 8.91. The Bertz CT molecular complexity index is 1750. The molecule has 3 heterocycles. The van der Waals surface area contributed by atoms with E-state index in [9.17, 15) is 24.9 Å². The molecular weight excluding hydrogens is 582 g/mol. The van der Waals surface area contributed by atoms with Crippen LogP contribution in [0.1, 0.15) is 43.4 Å². The first-order valence-electron chi connectivity index (χ1n) is 15.5. The maximum Gasteiger partial charge on any atom is 0.238 e. The molecule has 4 N–H and O–H groups in total. The van der Waals surface area contributed by atoms with Crippen LogP contribution in [-0.2, 0) is 16.2 Å². The van der Waals surface area contributed by atoms with Crippen LogP contribution in [-0.4, -0.2) is 44.8 Å². The van der Waals surface area contributed by atoms with Crippen molar-refractivity contribution in [3.05, 3.63) is 119 Å². The van der Waals surface area contributed by atoms with Gasteiger partial charge < -0.3 is 25.1 Å². The predicted molar refractivity (Wildman–Crippen MR) is 176 cm³/mol. The molecule has 0 unspecified atom stereocenters. The Morgan fingerprint density at radius 1 is 0.978 bits per heavy atom. The summed E-state index contributed by atoms with van der Waals surface area (Å²) >= 11 is 0. The molecule has 236 valence electrons. The lowest BCUT2D eigenvalue weighted by atomic mass is 9.68. The van der Waals surface area contributed by atoms with E-state index in [0.717, 1.165) is 28.2 Å². The number of carbonyl (C=O) groups excluding carboxylic acids is 2. The van der Waals surface area contributed by atoms with Crippen LogP contribution >= 0.6 is 0 Å². The maximum atomic E-state index is 13.9. The van der Waals surface area contributed by atoms with Crippen molar-refractivity contribution in [2.24, 2.45) is 17.8 Å². The minimum Gasteiger partial charge on any atom is -0.459 e. The quantitative estimate of drug-likeness (QED) is 0.124. The molecule has 2 amide bonds. The number of allylic oxidation sites excluding steroid dienone is 2. The fourth-order valence-electron chi connectivity index (χ4n) is 6.76. The molecule has 0 bridgehead atoms. The fraction of sp³-hybridized carbons (Fsp3) is 0.270. The van der Waals surface area contributed by atoms with Crippen molar-refractivity contribution < 1.29 is 29.3 Å². The summed E-state index contributed by atoms with van der Waals surface area (Å²) in [6.07, 6.45) is 3.65. The number of aliphatic hydroxyl groups is 3. The number of amides is 2. The summed E-state index contributed by atoms with van der Waals surface area (Å²) in [4.78, 5) is 33.3. The number of anilines is 3. The molecule has 1 saturated heterocycles. The normalized spacial score (nSPS) is 20.7. The molecule has 1 fully saturated rings. The number of rotatable bonds is 11. The van der Waals surface area contributed by atoms with E-state index in [1.807, 2.05) is 73.7 Å². The molecule has 0 spiro atoms. The van der Waals surface area contributed by atoms with Crippen LogP contribution in [0.4, 0.5) is 17.1 Å². The van der Waals surface area contributed by atoms with Gasteiger partial charge in [0, 0.05) is 23.5 Å². The van der Waals surface area contributed by atoms with Crippen LogP contribution in [0.15, 0.2) is 107 Å². The van der Waals surface area contributed by atoms with Gasteiger partial charge in [-0.05, 0) is 104 Å². The second-order valence-electron chi connectivity index (χ2n) is 11.8. The molecule has 1 aliphatic heterocycles. The van der Waals surface area contributed by atoms with E-state index in [4.69, 9.17) is 4.42 Å². The fourth-order valence-corrected chi connectivity index (χ4v) is 6.76. The standard InChI is InChI=1S/C37H37N3O6/c1-23-19-30-35(37(45)40(36(30)44)27-13-11-26(12-14-27)39-25-7-3-2-4-8-25)31(22-42)34(23)33(43)17-10-24(32-9-5-6-18-38-32)20-28-15-16-29(21-41)46-28/h2-9,11-16,18,20,30-31,33,35,39,41-43H,10,17,19,21-22H2,1H3/b24-20-/t30-,31+,33-,35-/m1/s1. The number of hydrogen-bond donors (Lipinski definition) is 4. The van der Waals surface area contributed by atoms with E-state index in [2.05, 4.69) is 10.3 Å². The average Bonchev–Trinajstić information content (AvgIpc) is 3.64. The van der Waals surface area contributed by atoms with Gasteiger partial charge in [0.2, 0.25) is 11.8 Å². The van der Waals surface area contributed by atoms with Crippen LogP contribution < -0.4 is 10.2 Å². The molecule has 0 saturated carbocycles. The first-order chi connectivity index (χ1) is 22.4. The number of para-hydroxylation sites is 1. The molecule has 0 radical (unpaired) electrons. The summed E-state index contributed by atoms with van der Waals surface area (Å²) < 4.78 is 5.67. The lowest BCUT2D eigenvalue weighted by molar-refractivity contribution is -0.123. The van der Waals surface area contributed by atoms with Crippen LogP contribution in [0.2, 0.25) is 0 Å². The van der Waals surface area contributed by atoms with Crippen LogP contribution in [0.3, 0.4) is 0 Å². The van der Waals surface area contributed by atoms with Gasteiger partial charge in [-0.25, -0.2) is 0 Å². The van der Waals surface area contributed by atoms with Crippen LogP contribution in [0.5, 0.6) is 0 Å². The highest BCUT2D eigenvalue weighted by molar-refractivity contribution is 6.22. The van der Waals surface area contributed by atoms with Crippen molar-refractivity contribution in [2.75, 3.05) is 16.8 Å². The highest BCUT2D eigenvalue weighted by Crippen LogP contribution is 2.47. The number of hydrogen-bond acceptors (Lipinski definition) is 8. The number of pyridine rings is 1. The van der Waals surface area contributed by atoms with Gasteiger partial charge in [0.05, 0.1) is 35.9 Å². The van der Waals surface area contributed by atoms with Crippen molar-refractivity contribution in [3.63, 3.8) is 0 Å². The van der Waals surface area contributed by atoms with Crippen molar-refractivity contribution >= 4 is 40.5 Å². The third-order valence-corrected chi connectivity index (χ3v) is 8.91. The number of aromatic nitrogens is 1. The topological polar surface area (TPSA) is 136 Å². The number of carbonyl (C=O) groups is 2. The maximum absolute atomic E-state index is 13.9. The zero-order valence-electron chi connectivity index (χ0n) is 25.5. The third kappa shape index (κ3) is 6.30. The van der Waals surface area contributed by atoms with Gasteiger partial charge in [0.1, 0.15) is 18.1 Å². The van der Waals surface area contributed by atoms with Gasteiger partial charge in [0.15, 0.2) is 0 Å². The zero-order chi connectivity index (χ0) is 32.2. The second kappa shape index (κ2) is 13.7. The lowest BCUT2D eigenvalue weighted by Crippen LogP contribution is -2.38. The largest absolute Gasteiger partial charge is 0.459 e. The Labute approximate surface area is 267 Å². The van der Waals surface area contributed by atoms with Gasteiger partial charge in [-0.15, -0.1) is 0 Å². The van der Waals surface area contributed by atoms with Gasteiger partial charge in [-0.3, -0.25) is 19.5 Å². The van der Waals surface area contributed by atoms with Crippen LogP contribution in [0.25, 0.3) is 11.6 Å². The number of furan rings is 1. The monoisotopic (exact) mass is 619 g/mol. The first kappa shape index (κ1) is 31.2. The van der Waals surface area contributed by atoms with E-state index in [-0.39, 0.29) is 25.0 Å². The highest BCUT2D eigenvalue weighted by Gasteiger charge is 2.54. The minimum absolute atomic E-state index is 0.209. The Kier molecular flexibility index (Phi) is 9.25. The average molecular weight is 620 g/mol. The highest BCUT2D eigenvalue weighted by atomic mass is 16.4. The summed E-state index contributed by atoms with van der Waals surface area (Å²) in [7, 11) is 0. The SMILES string of the molecule is CC1=C([C@H](O)CC/C(=C/c2ccc(CO)o2)c2ccccn2)[C@H](CO)[C@@H]2C(=O)N(c3ccc(Nc4ccccc4)cc3)C(=O)[C@@H]2C1. The van der Waals surface area contributed by atoms with Gasteiger partial charge >= 0.3 is 0 Å². The van der Waals surface area contributed by atoms with Gasteiger partial charge in [-0.2, -0.15) is 0 Å². The number of fused-ring (bicyclic) bond motifs is 1. The number of nitrogens with one attached hydrogen (secondary N) is 1. The summed E-state index contributed by atoms with van der Waals surface area (Å²) in [6, 6.07) is 25.9. The van der Waals surface area contributed by atoms with Crippen molar-refractivity contribution in [1.82, 2.24) is 4.98 Å². The molecule has 9 heteroatoms. The summed E-state index contributed by atoms with van der Waals surface area (Å²) in [5.41, 5.74) is 5.22. The predicted octanol–water partition coefficient (Wildman–Crippen LogP) is 5.73. The number of nitrogens with zero attached hydrogens (tertiary/aromatic N) is 2. The molecule has 4 aromatic rings. The molecule has 4 atom stereocenters. The van der Waals surface area contributed by atoms with E-state index in [1.54, 1.807) is 30.5 Å². The first-order valence-corrected chi connectivity index (χ1v) is 15.5. The Morgan fingerprint density at radius 3 is 2.39 bits per heavy atom. The molecule has 2 aromatic heterocycles. The van der Waals surface area contributed by atoms with Gasteiger partial charge in [0.25, 0.3) is 0 Å². The smallest absolute Gasteiger partial charge is 0.238 e. The Morgan fingerprint density at radius 2 is 1.72 bits per heavy atom. The van der Waals surface area contributed by atoms with E-state index in [1.165, 1.54) is 4.90 Å². The number of benzene rings is 2. The molecule has 1 aliphatic carbocycles. The molecule has 6 rings (SSSR count). The van der Waals surface area contributed by atoms with Crippen molar-refractivity contribution in [3.8, 4) is 0 Å². The molecule has 2 aromatic carbocycles. The Hall–Kier alpha value is -4.83. The van der Waals surface area contributed by atoms with E-state index >= 15 is 0 Å². The molecule has 46 heavy (non-hydrogen) atoms.